The summed E-state index contributed by atoms with van der Waals surface area (Å²) in [6.45, 7) is 4.17. The lowest BCUT2D eigenvalue weighted by molar-refractivity contribution is -0.131. The molecule has 0 heterocycles. The Morgan fingerprint density at radius 1 is 1.53 bits per heavy atom. The van der Waals surface area contributed by atoms with Crippen molar-refractivity contribution in [1.29, 1.82) is 0 Å². The fourth-order valence-electron chi connectivity index (χ4n) is 2.00. The molecule has 0 saturated heterocycles. The second kappa shape index (κ2) is 6.92. The predicted molar refractivity (Wildman–Crippen MR) is 75.8 cm³/mol. The average Bonchev–Trinajstić information content (AvgIpc) is 2.36. The van der Waals surface area contributed by atoms with E-state index in [4.69, 9.17) is 5.11 Å². The zero-order valence-corrected chi connectivity index (χ0v) is 11.6. The zero-order chi connectivity index (χ0) is 14.4. The number of nitrogens with zero attached hydrogens (tertiary/aromatic N) is 1. The molecule has 1 unspecified atom stereocenters. The van der Waals surface area contributed by atoms with E-state index in [1.54, 1.807) is 12.1 Å². The number of carboxylic acid groups (broad SMARTS) is 1. The number of benzene rings is 1. The lowest BCUT2D eigenvalue weighted by atomic mass is 10.1. The average molecular weight is 265 g/mol. The summed E-state index contributed by atoms with van der Waals surface area (Å²) in [4.78, 5) is 12.6. The molecule has 1 atom stereocenters. The Morgan fingerprint density at radius 3 is 2.79 bits per heavy atom. The second-order valence-electron chi connectivity index (χ2n) is 4.59. The first-order valence-corrected chi connectivity index (χ1v) is 6.39. The smallest absolute Gasteiger partial charge is 0.328 e. The molecule has 0 bridgehead atoms. The van der Waals surface area contributed by atoms with E-state index < -0.39 is 11.8 Å². The normalized spacial score (nSPS) is 12.6. The summed E-state index contributed by atoms with van der Waals surface area (Å²) in [7, 11) is 1.90. The third-order valence-corrected chi connectivity index (χ3v) is 3.17. The van der Waals surface area contributed by atoms with Crippen LogP contribution in [0.1, 0.15) is 32.3 Å². The fraction of sp³-hybridized carbons (Fsp3) is 0.400. The molecule has 0 aromatic heterocycles. The maximum absolute atomic E-state index is 13.8. The highest BCUT2D eigenvalue weighted by Crippen LogP contribution is 2.26. The van der Waals surface area contributed by atoms with Crippen LogP contribution >= 0.6 is 0 Å². The van der Waals surface area contributed by atoms with Crippen LogP contribution in [0.5, 0.6) is 0 Å². The summed E-state index contributed by atoms with van der Waals surface area (Å²) in [5, 5.41) is 8.67. The van der Waals surface area contributed by atoms with Crippen molar-refractivity contribution < 1.29 is 14.3 Å². The number of rotatable bonds is 6. The molecule has 1 aromatic carbocycles. The van der Waals surface area contributed by atoms with Crippen LogP contribution in [0, 0.1) is 5.82 Å². The van der Waals surface area contributed by atoms with Crippen molar-refractivity contribution in [3.05, 3.63) is 35.7 Å². The maximum atomic E-state index is 13.8. The van der Waals surface area contributed by atoms with E-state index in [1.807, 2.05) is 11.9 Å². The van der Waals surface area contributed by atoms with Crippen LogP contribution in [0.15, 0.2) is 24.3 Å². The molecular formula is C15H20FNO2. The van der Waals surface area contributed by atoms with Crippen LogP contribution in [0.4, 0.5) is 10.1 Å². The minimum absolute atomic E-state index is 0.267. The van der Waals surface area contributed by atoms with Crippen LogP contribution in [0.3, 0.4) is 0 Å². The molecule has 0 aliphatic heterocycles. The van der Waals surface area contributed by atoms with E-state index in [0.29, 0.717) is 11.3 Å². The number of aliphatic carboxylic acids is 1. The van der Waals surface area contributed by atoms with Crippen molar-refractivity contribution >= 4 is 17.7 Å². The monoisotopic (exact) mass is 265 g/mol. The number of hydrogen-bond acceptors (Lipinski definition) is 2. The van der Waals surface area contributed by atoms with Crippen LogP contribution in [0.25, 0.3) is 6.08 Å². The lowest BCUT2D eigenvalue weighted by Crippen LogP contribution is -2.29. The summed E-state index contributed by atoms with van der Waals surface area (Å²) >= 11 is 0. The maximum Gasteiger partial charge on any atom is 0.328 e. The number of halogens is 1. The molecule has 0 spiro atoms. The van der Waals surface area contributed by atoms with E-state index in [9.17, 15) is 9.18 Å². The highest BCUT2D eigenvalue weighted by atomic mass is 19.1. The molecule has 1 rings (SSSR count). The van der Waals surface area contributed by atoms with Gasteiger partial charge in [-0.2, -0.15) is 0 Å². The van der Waals surface area contributed by atoms with Gasteiger partial charge in [0.1, 0.15) is 5.82 Å². The third kappa shape index (κ3) is 4.09. The molecule has 19 heavy (non-hydrogen) atoms. The van der Waals surface area contributed by atoms with Gasteiger partial charge in [0.15, 0.2) is 0 Å². The van der Waals surface area contributed by atoms with E-state index in [0.717, 1.165) is 18.9 Å². The minimum atomic E-state index is -1.08. The standard InChI is InChI=1S/C15H20FNO2/c1-4-6-11(2)17(3)14-8-5-7-13(16)12(14)9-10-15(18)19/h5,7-11H,4,6H2,1-3H3,(H,18,19)/b10-9+. The summed E-state index contributed by atoms with van der Waals surface area (Å²) in [6, 6.07) is 5.04. The second-order valence-corrected chi connectivity index (χ2v) is 4.59. The van der Waals surface area contributed by atoms with Gasteiger partial charge in [-0.25, -0.2) is 9.18 Å². The van der Waals surface area contributed by atoms with Crippen molar-refractivity contribution in [2.75, 3.05) is 11.9 Å². The Kier molecular flexibility index (Phi) is 5.55. The van der Waals surface area contributed by atoms with Gasteiger partial charge in [-0.15, -0.1) is 0 Å². The van der Waals surface area contributed by atoms with Gasteiger partial charge in [-0.05, 0) is 31.6 Å². The molecule has 0 saturated carbocycles. The van der Waals surface area contributed by atoms with Gasteiger partial charge >= 0.3 is 5.97 Å². The molecule has 0 fully saturated rings. The van der Waals surface area contributed by atoms with Crippen molar-refractivity contribution in [2.24, 2.45) is 0 Å². The zero-order valence-electron chi connectivity index (χ0n) is 11.6. The van der Waals surface area contributed by atoms with Gasteiger partial charge in [-0.1, -0.05) is 19.4 Å². The Balaban J connectivity index is 3.12. The number of carbonyl (C=O) groups is 1. The van der Waals surface area contributed by atoms with Crippen LogP contribution in [0.2, 0.25) is 0 Å². The summed E-state index contributed by atoms with van der Waals surface area (Å²) in [5.74, 6) is -1.50. The largest absolute Gasteiger partial charge is 0.478 e. The van der Waals surface area contributed by atoms with Crippen molar-refractivity contribution in [2.45, 2.75) is 32.7 Å². The molecular weight excluding hydrogens is 245 g/mol. The summed E-state index contributed by atoms with van der Waals surface area (Å²) < 4.78 is 13.8. The topological polar surface area (TPSA) is 40.5 Å². The molecule has 0 aliphatic rings. The van der Waals surface area contributed by atoms with Gasteiger partial charge < -0.3 is 10.0 Å². The van der Waals surface area contributed by atoms with Gasteiger partial charge in [0, 0.05) is 30.4 Å². The molecule has 1 N–H and O–H groups in total. The van der Waals surface area contributed by atoms with Gasteiger partial charge in [0.05, 0.1) is 0 Å². The minimum Gasteiger partial charge on any atom is -0.478 e. The summed E-state index contributed by atoms with van der Waals surface area (Å²) in [5.41, 5.74) is 1.02. The first-order valence-electron chi connectivity index (χ1n) is 6.39. The van der Waals surface area contributed by atoms with Crippen LogP contribution in [-0.2, 0) is 4.79 Å². The number of carboxylic acids is 1. The number of hydrogen-bond donors (Lipinski definition) is 1. The first-order chi connectivity index (χ1) is 8.97. The summed E-state index contributed by atoms with van der Waals surface area (Å²) in [6.07, 6.45) is 4.30. The molecule has 1 aromatic rings. The Morgan fingerprint density at radius 2 is 2.21 bits per heavy atom. The van der Waals surface area contributed by atoms with Gasteiger partial charge in [0.2, 0.25) is 0 Å². The van der Waals surface area contributed by atoms with Crippen molar-refractivity contribution in [1.82, 2.24) is 0 Å². The van der Waals surface area contributed by atoms with Gasteiger partial charge in [0.25, 0.3) is 0 Å². The molecule has 0 radical (unpaired) electrons. The SMILES string of the molecule is CCCC(C)N(C)c1cccc(F)c1/C=C/C(=O)O. The van der Waals surface area contributed by atoms with Crippen molar-refractivity contribution in [3.8, 4) is 0 Å². The highest BCUT2D eigenvalue weighted by Gasteiger charge is 2.14. The van der Waals surface area contributed by atoms with Gasteiger partial charge in [-0.3, -0.25) is 0 Å². The van der Waals surface area contributed by atoms with Crippen LogP contribution in [-0.4, -0.2) is 24.2 Å². The third-order valence-electron chi connectivity index (χ3n) is 3.17. The molecule has 0 aliphatic carbocycles. The molecule has 3 nitrogen and oxygen atoms in total. The van der Waals surface area contributed by atoms with E-state index >= 15 is 0 Å². The highest BCUT2D eigenvalue weighted by molar-refractivity contribution is 5.87. The molecule has 104 valence electrons. The van der Waals surface area contributed by atoms with Crippen molar-refractivity contribution in [3.63, 3.8) is 0 Å². The van der Waals surface area contributed by atoms with E-state index in [2.05, 4.69) is 13.8 Å². The first kappa shape index (κ1) is 15.2. The number of anilines is 1. The molecule has 0 amide bonds. The predicted octanol–water partition coefficient (Wildman–Crippen LogP) is 3.55. The van der Waals surface area contributed by atoms with Crippen LogP contribution < -0.4 is 4.90 Å². The fourth-order valence-corrected chi connectivity index (χ4v) is 2.00. The Labute approximate surface area is 113 Å². The lowest BCUT2D eigenvalue weighted by Gasteiger charge is -2.28. The van der Waals surface area contributed by atoms with E-state index in [-0.39, 0.29) is 6.04 Å². The Hall–Kier alpha value is -1.84. The van der Waals surface area contributed by atoms with E-state index in [1.165, 1.54) is 12.1 Å². The molecule has 4 heteroatoms. The Bertz CT molecular complexity index is 471. The quantitative estimate of drug-likeness (QED) is 0.800.